The fraction of sp³-hybridized carbons (Fsp3) is 0.429. The molecule has 2 saturated heterocycles. The third-order valence-corrected chi connectivity index (χ3v) is 6.94. The Labute approximate surface area is 210 Å². The maximum Gasteiger partial charge on any atom is 0.192 e. The van der Waals surface area contributed by atoms with Crippen molar-refractivity contribution in [3.8, 4) is 5.75 Å². The van der Waals surface area contributed by atoms with Crippen molar-refractivity contribution in [2.45, 2.75) is 56.9 Å². The van der Waals surface area contributed by atoms with E-state index >= 15 is 0 Å². The van der Waals surface area contributed by atoms with Crippen LogP contribution >= 0.6 is 15.9 Å². The largest absolute Gasteiger partial charge is 0.497 e. The predicted octanol–water partition coefficient (Wildman–Crippen LogP) is 6.36. The summed E-state index contributed by atoms with van der Waals surface area (Å²) in [5.74, 6) is 0.0467. The highest BCUT2D eigenvalue weighted by molar-refractivity contribution is 9.10. The molecule has 1 spiro atoms. The number of halogens is 1. The maximum atomic E-state index is 6.49. The monoisotopic (exact) mass is 528 g/mol. The Morgan fingerprint density at radius 1 is 0.912 bits per heavy atom. The van der Waals surface area contributed by atoms with Gasteiger partial charge in [0.15, 0.2) is 5.79 Å². The summed E-state index contributed by atoms with van der Waals surface area (Å²) in [7, 11) is 1.66. The summed E-state index contributed by atoms with van der Waals surface area (Å²) >= 11 is 3.46. The Bertz CT molecular complexity index is 971. The van der Waals surface area contributed by atoms with Crippen LogP contribution in [0.15, 0.2) is 77.3 Å². The van der Waals surface area contributed by atoms with Crippen molar-refractivity contribution in [1.29, 1.82) is 0 Å². The van der Waals surface area contributed by atoms with Crippen molar-refractivity contribution in [3.05, 3.63) is 88.4 Å². The minimum atomic E-state index is -0.792. The van der Waals surface area contributed by atoms with Crippen molar-refractivity contribution in [2.24, 2.45) is 0 Å². The zero-order chi connectivity index (χ0) is 24.0. The average Bonchev–Trinajstić information content (AvgIpc) is 2.85. The molecule has 2 aliphatic rings. The second kappa shape index (κ2) is 11.6. The van der Waals surface area contributed by atoms with Crippen molar-refractivity contribution in [1.82, 2.24) is 0 Å². The molecule has 5 nitrogen and oxygen atoms in total. The highest BCUT2D eigenvalue weighted by Gasteiger charge is 2.46. The lowest BCUT2D eigenvalue weighted by Gasteiger charge is -2.47. The molecule has 34 heavy (non-hydrogen) atoms. The lowest BCUT2D eigenvalue weighted by Crippen LogP contribution is -2.51. The molecule has 0 bridgehead atoms. The van der Waals surface area contributed by atoms with Crippen molar-refractivity contribution in [2.75, 3.05) is 20.3 Å². The summed E-state index contributed by atoms with van der Waals surface area (Å²) in [6, 6.07) is 16.0. The van der Waals surface area contributed by atoms with Gasteiger partial charge in [0, 0.05) is 10.9 Å². The van der Waals surface area contributed by atoms with Gasteiger partial charge in [0.2, 0.25) is 0 Å². The van der Waals surface area contributed by atoms with E-state index in [1.54, 1.807) is 7.11 Å². The van der Waals surface area contributed by atoms with Gasteiger partial charge >= 0.3 is 0 Å². The zero-order valence-corrected chi connectivity index (χ0v) is 21.3. The topological polar surface area (TPSA) is 46.2 Å². The third-order valence-electron chi connectivity index (χ3n) is 6.41. The third kappa shape index (κ3) is 6.37. The van der Waals surface area contributed by atoms with Gasteiger partial charge < -0.3 is 23.7 Å². The Morgan fingerprint density at radius 3 is 2.24 bits per heavy atom. The van der Waals surface area contributed by atoms with Crippen LogP contribution in [0.2, 0.25) is 0 Å². The fourth-order valence-corrected chi connectivity index (χ4v) is 4.57. The molecule has 0 aliphatic carbocycles. The first-order chi connectivity index (χ1) is 16.5. The standard InChI is InChI=1S/C28H33BrO5/c1-20-14-15-28(34-27(20)19-32-17-22-5-9-24(29)10-6-22)21(2)4-11-26(33-28)18-31-16-23-7-12-25(30-3)13-8-23/h5-10,12-13,26-27H,1-2,4,11,14-19H2,3H3/t26-,27-,28+/m0/s1. The lowest BCUT2D eigenvalue weighted by molar-refractivity contribution is -0.287. The molecule has 2 aromatic rings. The minimum absolute atomic E-state index is 0.0422. The van der Waals surface area contributed by atoms with Crippen LogP contribution in [0, 0.1) is 0 Å². The van der Waals surface area contributed by atoms with Crippen LogP contribution in [0.3, 0.4) is 0 Å². The summed E-state index contributed by atoms with van der Waals surface area (Å²) < 4.78 is 31.2. The number of ether oxygens (including phenoxy) is 5. The highest BCUT2D eigenvalue weighted by Crippen LogP contribution is 2.43. The molecule has 0 amide bonds. The Hall–Kier alpha value is -1.96. The Morgan fingerprint density at radius 2 is 1.56 bits per heavy atom. The van der Waals surface area contributed by atoms with Crippen LogP contribution in [-0.2, 0) is 32.2 Å². The van der Waals surface area contributed by atoms with Crippen LogP contribution in [-0.4, -0.2) is 38.3 Å². The first-order valence-corrected chi connectivity index (χ1v) is 12.5. The molecule has 6 heteroatoms. The molecule has 0 aromatic heterocycles. The van der Waals surface area contributed by atoms with E-state index in [0.717, 1.165) is 58.2 Å². The molecule has 2 aromatic carbocycles. The maximum absolute atomic E-state index is 6.49. The molecule has 4 rings (SSSR count). The van der Waals surface area contributed by atoms with Crippen molar-refractivity contribution in [3.63, 3.8) is 0 Å². The van der Waals surface area contributed by atoms with Gasteiger partial charge in [-0.3, -0.25) is 0 Å². The van der Waals surface area contributed by atoms with Gasteiger partial charge in [-0.1, -0.05) is 53.4 Å². The van der Waals surface area contributed by atoms with Gasteiger partial charge in [-0.15, -0.1) is 0 Å². The van der Waals surface area contributed by atoms with E-state index < -0.39 is 5.79 Å². The fourth-order valence-electron chi connectivity index (χ4n) is 4.31. The summed E-state index contributed by atoms with van der Waals surface area (Å²) in [5, 5.41) is 0. The van der Waals surface area contributed by atoms with Gasteiger partial charge in [0.25, 0.3) is 0 Å². The highest BCUT2D eigenvalue weighted by atomic mass is 79.9. The molecular weight excluding hydrogens is 496 g/mol. The molecule has 0 unspecified atom stereocenters. The quantitative estimate of drug-likeness (QED) is 0.354. The van der Waals surface area contributed by atoms with E-state index in [9.17, 15) is 0 Å². The minimum Gasteiger partial charge on any atom is -0.497 e. The van der Waals surface area contributed by atoms with Crippen molar-refractivity contribution < 1.29 is 23.7 Å². The molecule has 0 radical (unpaired) electrons. The number of rotatable bonds is 9. The van der Waals surface area contributed by atoms with Crippen LogP contribution < -0.4 is 4.74 Å². The molecule has 3 atom stereocenters. The molecule has 0 saturated carbocycles. The van der Waals surface area contributed by atoms with Crippen LogP contribution in [0.4, 0.5) is 0 Å². The second-order valence-electron chi connectivity index (χ2n) is 8.90. The van der Waals surface area contributed by atoms with E-state index in [2.05, 4.69) is 29.1 Å². The number of methoxy groups -OCH3 is 1. The molecule has 2 aliphatic heterocycles. The van der Waals surface area contributed by atoms with Crippen molar-refractivity contribution >= 4 is 15.9 Å². The first kappa shape index (κ1) is 25.1. The molecule has 0 N–H and O–H groups in total. The van der Waals surface area contributed by atoms with E-state index in [1.165, 1.54) is 0 Å². The van der Waals surface area contributed by atoms with Crippen LogP contribution in [0.25, 0.3) is 0 Å². The van der Waals surface area contributed by atoms with Gasteiger partial charge in [-0.05, 0) is 65.8 Å². The zero-order valence-electron chi connectivity index (χ0n) is 19.8. The molecular formula is C28H33BrO5. The Balaban J connectivity index is 1.29. The number of hydrogen-bond donors (Lipinski definition) is 0. The van der Waals surface area contributed by atoms with E-state index in [-0.39, 0.29) is 12.2 Å². The number of benzene rings is 2. The van der Waals surface area contributed by atoms with Crippen LogP contribution in [0.1, 0.15) is 36.8 Å². The number of hydrogen-bond acceptors (Lipinski definition) is 5. The van der Waals surface area contributed by atoms with E-state index in [4.69, 9.17) is 23.7 Å². The van der Waals surface area contributed by atoms with Gasteiger partial charge in [0.05, 0.1) is 39.6 Å². The van der Waals surface area contributed by atoms with E-state index in [1.807, 2.05) is 48.5 Å². The predicted molar refractivity (Wildman–Crippen MR) is 136 cm³/mol. The summed E-state index contributed by atoms with van der Waals surface area (Å²) in [4.78, 5) is 0. The summed E-state index contributed by atoms with van der Waals surface area (Å²) in [6.45, 7) is 10.5. The molecule has 182 valence electrons. The van der Waals surface area contributed by atoms with Crippen LogP contribution in [0.5, 0.6) is 5.75 Å². The van der Waals surface area contributed by atoms with Gasteiger partial charge in [-0.2, -0.15) is 0 Å². The SMILES string of the molecule is C=C1CC[C@@]2(O[C@H](COCc3ccc(OC)cc3)CCC2=C)O[C@H]1COCc1ccc(Br)cc1. The van der Waals surface area contributed by atoms with Gasteiger partial charge in [-0.25, -0.2) is 0 Å². The van der Waals surface area contributed by atoms with E-state index in [0.29, 0.717) is 26.4 Å². The van der Waals surface area contributed by atoms with Gasteiger partial charge in [0.1, 0.15) is 11.9 Å². The lowest BCUT2D eigenvalue weighted by atomic mass is 9.88. The summed E-state index contributed by atoms with van der Waals surface area (Å²) in [5.41, 5.74) is 4.25. The normalized spacial score (nSPS) is 25.0. The summed E-state index contributed by atoms with van der Waals surface area (Å²) in [6.07, 6.45) is 3.01. The Kier molecular flexibility index (Phi) is 8.61. The first-order valence-electron chi connectivity index (χ1n) is 11.7. The second-order valence-corrected chi connectivity index (χ2v) is 9.82. The molecule has 2 fully saturated rings. The molecule has 2 heterocycles. The average molecular weight is 529 g/mol. The smallest absolute Gasteiger partial charge is 0.192 e.